The minimum absolute atomic E-state index is 0.165. The van der Waals surface area contributed by atoms with E-state index in [9.17, 15) is 9.18 Å². The summed E-state index contributed by atoms with van der Waals surface area (Å²) < 4.78 is 18.6. The first-order valence-electron chi connectivity index (χ1n) is 4.42. The average molecular weight is 205 g/mol. The van der Waals surface area contributed by atoms with Crippen molar-refractivity contribution in [1.82, 2.24) is 0 Å². The van der Waals surface area contributed by atoms with Gasteiger partial charge in [-0.2, -0.15) is 5.26 Å². The second-order valence-electron chi connectivity index (χ2n) is 3.44. The van der Waals surface area contributed by atoms with E-state index in [4.69, 9.17) is 10.00 Å². The number of ether oxygens (including phenoxy) is 1. The fourth-order valence-electron chi connectivity index (χ4n) is 1.69. The number of hydrogen-bond acceptors (Lipinski definition) is 3. The smallest absolute Gasteiger partial charge is 0.261 e. The number of Topliss-reactive ketones (excluding diaryl/α,β-unsaturated/α-hetero) is 1. The van der Waals surface area contributed by atoms with E-state index in [-0.39, 0.29) is 12.0 Å². The van der Waals surface area contributed by atoms with Crippen molar-refractivity contribution in [3.63, 3.8) is 0 Å². The second kappa shape index (κ2) is 3.06. The maximum atomic E-state index is 13.7. The van der Waals surface area contributed by atoms with Crippen LogP contribution in [0.5, 0.6) is 5.75 Å². The number of ketones is 1. The first-order valence-corrected chi connectivity index (χ1v) is 4.42. The van der Waals surface area contributed by atoms with Crippen molar-refractivity contribution >= 4 is 5.78 Å². The summed E-state index contributed by atoms with van der Waals surface area (Å²) in [5, 5.41) is 8.62. The number of methoxy groups -OCH3 is 1. The Morgan fingerprint density at radius 1 is 1.60 bits per heavy atom. The Kier molecular flexibility index (Phi) is 1.97. The number of carbonyl (C=O) groups is 1. The highest BCUT2D eigenvalue weighted by atomic mass is 19.1. The highest BCUT2D eigenvalue weighted by Gasteiger charge is 2.46. The van der Waals surface area contributed by atoms with Gasteiger partial charge in [0.15, 0.2) is 0 Å². The molecule has 1 aromatic rings. The van der Waals surface area contributed by atoms with E-state index in [0.29, 0.717) is 11.3 Å². The van der Waals surface area contributed by atoms with Gasteiger partial charge in [-0.3, -0.25) is 4.79 Å². The van der Waals surface area contributed by atoms with Crippen LogP contribution in [0.2, 0.25) is 0 Å². The van der Waals surface area contributed by atoms with Crippen molar-refractivity contribution in [1.29, 1.82) is 5.26 Å². The van der Waals surface area contributed by atoms with Crippen molar-refractivity contribution < 1.29 is 13.9 Å². The van der Waals surface area contributed by atoms with Crippen LogP contribution < -0.4 is 4.74 Å². The molecule has 1 atom stereocenters. The molecule has 0 saturated carbocycles. The highest BCUT2D eigenvalue weighted by molar-refractivity contribution is 6.09. The Bertz CT molecular complexity index is 478. The van der Waals surface area contributed by atoms with Gasteiger partial charge in [0, 0.05) is 12.0 Å². The van der Waals surface area contributed by atoms with Crippen LogP contribution in [0.4, 0.5) is 4.39 Å². The van der Waals surface area contributed by atoms with Crippen LogP contribution in [0, 0.1) is 11.3 Å². The Morgan fingerprint density at radius 2 is 2.33 bits per heavy atom. The van der Waals surface area contributed by atoms with Gasteiger partial charge < -0.3 is 4.74 Å². The molecule has 0 aliphatic heterocycles. The van der Waals surface area contributed by atoms with E-state index < -0.39 is 11.5 Å². The molecule has 4 heteroatoms. The Morgan fingerprint density at radius 3 is 2.93 bits per heavy atom. The molecule has 0 N–H and O–H groups in total. The quantitative estimate of drug-likeness (QED) is 0.700. The summed E-state index contributed by atoms with van der Waals surface area (Å²) in [6.07, 6.45) is -0.165. The van der Waals surface area contributed by atoms with E-state index in [1.54, 1.807) is 12.1 Å². The number of rotatable bonds is 1. The first kappa shape index (κ1) is 9.66. The standard InChI is InChI=1S/C11H8FNO2/c1-15-8-3-2-7-5-11(12,6-13)10(14)9(7)4-8/h2-4H,5H2,1H3. The summed E-state index contributed by atoms with van der Waals surface area (Å²) in [4.78, 5) is 11.6. The molecule has 0 fully saturated rings. The van der Waals surface area contributed by atoms with Gasteiger partial charge >= 0.3 is 0 Å². The van der Waals surface area contributed by atoms with Crippen LogP contribution in [0.1, 0.15) is 15.9 Å². The number of hydrogen-bond donors (Lipinski definition) is 0. The number of fused-ring (bicyclic) bond motifs is 1. The van der Waals surface area contributed by atoms with E-state index >= 15 is 0 Å². The summed E-state index contributed by atoms with van der Waals surface area (Å²) >= 11 is 0. The van der Waals surface area contributed by atoms with Gasteiger partial charge in [0.2, 0.25) is 5.78 Å². The van der Waals surface area contributed by atoms with Crippen LogP contribution in [-0.4, -0.2) is 18.6 Å². The van der Waals surface area contributed by atoms with Gasteiger partial charge in [-0.05, 0) is 17.7 Å². The molecule has 0 spiro atoms. The monoisotopic (exact) mass is 205 g/mol. The van der Waals surface area contributed by atoms with Gasteiger partial charge in [0.05, 0.1) is 7.11 Å². The first-order chi connectivity index (χ1) is 7.10. The molecule has 0 amide bonds. The molecule has 3 nitrogen and oxygen atoms in total. The third-order valence-electron chi connectivity index (χ3n) is 2.53. The molecule has 1 unspecified atom stereocenters. The third-order valence-corrected chi connectivity index (χ3v) is 2.53. The molecule has 0 bridgehead atoms. The zero-order chi connectivity index (χ0) is 11.1. The van der Waals surface area contributed by atoms with Crippen LogP contribution in [0.25, 0.3) is 0 Å². The van der Waals surface area contributed by atoms with Crippen molar-refractivity contribution in [2.24, 2.45) is 0 Å². The molecule has 0 heterocycles. The highest BCUT2D eigenvalue weighted by Crippen LogP contribution is 2.34. The van der Waals surface area contributed by atoms with E-state index in [2.05, 4.69) is 0 Å². The Hall–Kier alpha value is -1.89. The summed E-state index contributed by atoms with van der Waals surface area (Å²) in [7, 11) is 1.47. The van der Waals surface area contributed by atoms with Crippen molar-refractivity contribution in [2.75, 3.05) is 7.11 Å². The van der Waals surface area contributed by atoms with E-state index in [0.717, 1.165) is 0 Å². The lowest BCUT2D eigenvalue weighted by Gasteiger charge is -2.04. The fraction of sp³-hybridized carbons (Fsp3) is 0.273. The van der Waals surface area contributed by atoms with Crippen molar-refractivity contribution in [3.05, 3.63) is 29.3 Å². The SMILES string of the molecule is COc1ccc2c(c1)C(=O)C(F)(C#N)C2. The topological polar surface area (TPSA) is 50.1 Å². The lowest BCUT2D eigenvalue weighted by atomic mass is 10.0. The third kappa shape index (κ3) is 1.28. The number of benzene rings is 1. The summed E-state index contributed by atoms with van der Waals surface area (Å²) in [6, 6.07) is 6.15. The average Bonchev–Trinajstić information content (AvgIpc) is 2.52. The van der Waals surface area contributed by atoms with Gasteiger partial charge in [-0.25, -0.2) is 4.39 Å². The predicted molar refractivity (Wildman–Crippen MR) is 50.5 cm³/mol. The van der Waals surface area contributed by atoms with Crippen molar-refractivity contribution in [3.8, 4) is 11.8 Å². The number of nitrogens with zero attached hydrogens (tertiary/aromatic N) is 1. The maximum absolute atomic E-state index is 13.7. The maximum Gasteiger partial charge on any atom is 0.261 e. The van der Waals surface area contributed by atoms with E-state index in [1.807, 2.05) is 0 Å². The van der Waals surface area contributed by atoms with Crippen LogP contribution in [-0.2, 0) is 6.42 Å². The molecule has 0 saturated heterocycles. The molecule has 1 aliphatic carbocycles. The molecule has 1 aliphatic rings. The predicted octanol–water partition coefficient (Wildman–Crippen LogP) is 1.67. The molecule has 1 aromatic carbocycles. The van der Waals surface area contributed by atoms with Crippen LogP contribution in [0.15, 0.2) is 18.2 Å². The van der Waals surface area contributed by atoms with Gasteiger partial charge in [0.1, 0.15) is 11.8 Å². The van der Waals surface area contributed by atoms with Crippen LogP contribution in [0.3, 0.4) is 0 Å². The summed E-state index contributed by atoms with van der Waals surface area (Å²) in [5.74, 6) is -0.275. The summed E-state index contributed by atoms with van der Waals surface area (Å²) in [6.45, 7) is 0. The molecule has 0 radical (unpaired) electrons. The lowest BCUT2D eigenvalue weighted by Crippen LogP contribution is -2.27. The molecular formula is C11H8FNO2. The molecule has 2 rings (SSSR count). The van der Waals surface area contributed by atoms with Gasteiger partial charge in [-0.1, -0.05) is 6.07 Å². The minimum atomic E-state index is -2.39. The Balaban J connectivity index is 2.52. The zero-order valence-electron chi connectivity index (χ0n) is 8.08. The largest absolute Gasteiger partial charge is 0.497 e. The number of carbonyl (C=O) groups excluding carboxylic acids is 1. The number of alkyl halides is 1. The summed E-state index contributed by atoms with van der Waals surface area (Å²) in [5.41, 5.74) is -1.59. The minimum Gasteiger partial charge on any atom is -0.497 e. The zero-order valence-corrected chi connectivity index (χ0v) is 8.08. The molecule has 0 aromatic heterocycles. The Labute approximate surface area is 86.1 Å². The second-order valence-corrected chi connectivity index (χ2v) is 3.44. The number of halogens is 1. The lowest BCUT2D eigenvalue weighted by molar-refractivity contribution is 0.0820. The van der Waals surface area contributed by atoms with Gasteiger partial charge in [0.25, 0.3) is 5.67 Å². The number of nitriles is 1. The molecule has 15 heavy (non-hydrogen) atoms. The normalized spacial score (nSPS) is 23.4. The van der Waals surface area contributed by atoms with E-state index in [1.165, 1.54) is 19.2 Å². The fourth-order valence-corrected chi connectivity index (χ4v) is 1.69. The van der Waals surface area contributed by atoms with Crippen molar-refractivity contribution in [2.45, 2.75) is 12.1 Å². The van der Waals surface area contributed by atoms with Crippen LogP contribution >= 0.6 is 0 Å². The molecular weight excluding hydrogens is 197 g/mol. The molecule has 76 valence electrons. The van der Waals surface area contributed by atoms with Gasteiger partial charge in [-0.15, -0.1) is 0 Å².